The molecule has 0 saturated heterocycles. The predicted octanol–water partition coefficient (Wildman–Crippen LogP) is 1.34. The zero-order valence-electron chi connectivity index (χ0n) is 10.2. The van der Waals surface area contributed by atoms with Crippen molar-refractivity contribution in [3.05, 3.63) is 0 Å². The number of hydrogen-bond donors (Lipinski definition) is 1. The molecule has 0 aromatic carbocycles. The number of hydrogen-bond acceptors (Lipinski definition) is 4. The first-order valence-corrected chi connectivity index (χ1v) is 5.57. The molecule has 1 N–H and O–H groups in total. The first-order chi connectivity index (χ1) is 7.15. The second-order valence-corrected chi connectivity index (χ2v) is 3.58. The number of methoxy groups -OCH3 is 1. The van der Waals surface area contributed by atoms with Crippen LogP contribution in [0.25, 0.3) is 0 Å². The van der Waals surface area contributed by atoms with Crippen LogP contribution in [-0.2, 0) is 14.3 Å². The van der Waals surface area contributed by atoms with E-state index in [9.17, 15) is 4.79 Å². The van der Waals surface area contributed by atoms with Crippen LogP contribution in [0.5, 0.6) is 0 Å². The van der Waals surface area contributed by atoms with Crippen LogP contribution in [0.4, 0.5) is 0 Å². The quantitative estimate of drug-likeness (QED) is 0.623. The SMILES string of the molecule is CCCC(COC)NC(C)C(=O)OCC. The highest BCUT2D eigenvalue weighted by molar-refractivity contribution is 5.75. The second-order valence-electron chi connectivity index (χ2n) is 3.58. The highest BCUT2D eigenvalue weighted by Crippen LogP contribution is 2.00. The lowest BCUT2D eigenvalue weighted by atomic mass is 10.1. The first-order valence-electron chi connectivity index (χ1n) is 5.57. The molecule has 2 unspecified atom stereocenters. The van der Waals surface area contributed by atoms with Gasteiger partial charge in [-0.3, -0.25) is 10.1 Å². The van der Waals surface area contributed by atoms with Gasteiger partial charge in [-0.2, -0.15) is 0 Å². The first kappa shape index (κ1) is 14.4. The Bertz CT molecular complexity index is 167. The third kappa shape index (κ3) is 6.47. The van der Waals surface area contributed by atoms with Gasteiger partial charge in [-0.05, 0) is 20.3 Å². The van der Waals surface area contributed by atoms with Crippen molar-refractivity contribution in [1.82, 2.24) is 5.32 Å². The molecule has 0 aliphatic heterocycles. The summed E-state index contributed by atoms with van der Waals surface area (Å²) in [7, 11) is 1.67. The Morgan fingerprint density at radius 2 is 2.07 bits per heavy atom. The van der Waals surface area contributed by atoms with Crippen LogP contribution in [0.3, 0.4) is 0 Å². The molecular formula is C11H23NO3. The molecule has 0 aliphatic rings. The number of nitrogens with one attached hydrogen (secondary N) is 1. The van der Waals surface area contributed by atoms with Crippen molar-refractivity contribution in [2.75, 3.05) is 20.3 Å². The standard InChI is InChI=1S/C11H23NO3/c1-5-7-10(8-14-4)12-9(3)11(13)15-6-2/h9-10,12H,5-8H2,1-4H3. The summed E-state index contributed by atoms with van der Waals surface area (Å²) in [5, 5.41) is 3.20. The van der Waals surface area contributed by atoms with Crippen LogP contribution in [-0.4, -0.2) is 38.4 Å². The maximum Gasteiger partial charge on any atom is 0.322 e. The van der Waals surface area contributed by atoms with Crippen molar-refractivity contribution in [1.29, 1.82) is 0 Å². The molecule has 0 heterocycles. The Balaban J connectivity index is 3.96. The number of carbonyl (C=O) groups excluding carboxylic acids is 1. The molecule has 2 atom stereocenters. The van der Waals surface area contributed by atoms with Gasteiger partial charge in [-0.15, -0.1) is 0 Å². The lowest BCUT2D eigenvalue weighted by molar-refractivity contribution is -0.145. The molecule has 0 radical (unpaired) electrons. The molecule has 0 aliphatic carbocycles. The van der Waals surface area contributed by atoms with Crippen LogP contribution in [0.1, 0.15) is 33.6 Å². The fraction of sp³-hybridized carbons (Fsp3) is 0.909. The molecule has 4 heteroatoms. The number of carbonyl (C=O) groups is 1. The second kappa shape index (κ2) is 8.68. The van der Waals surface area contributed by atoms with Gasteiger partial charge in [-0.25, -0.2) is 0 Å². The van der Waals surface area contributed by atoms with Crippen LogP contribution in [0, 0.1) is 0 Å². The average Bonchev–Trinajstić information content (AvgIpc) is 2.18. The molecule has 0 spiro atoms. The summed E-state index contributed by atoms with van der Waals surface area (Å²) in [5.74, 6) is -0.199. The predicted molar refractivity (Wildman–Crippen MR) is 59.8 cm³/mol. The van der Waals surface area contributed by atoms with Gasteiger partial charge in [0.05, 0.1) is 13.2 Å². The summed E-state index contributed by atoms with van der Waals surface area (Å²) in [5.41, 5.74) is 0. The molecule has 0 fully saturated rings. The monoisotopic (exact) mass is 217 g/mol. The Kier molecular flexibility index (Phi) is 8.33. The molecule has 0 bridgehead atoms. The molecule has 0 aromatic rings. The maximum atomic E-state index is 11.4. The lowest BCUT2D eigenvalue weighted by Gasteiger charge is -2.21. The zero-order chi connectivity index (χ0) is 11.7. The van der Waals surface area contributed by atoms with E-state index in [0.717, 1.165) is 12.8 Å². The topological polar surface area (TPSA) is 47.6 Å². The molecule has 0 rings (SSSR count). The Morgan fingerprint density at radius 1 is 1.40 bits per heavy atom. The fourth-order valence-corrected chi connectivity index (χ4v) is 1.45. The summed E-state index contributed by atoms with van der Waals surface area (Å²) < 4.78 is 10.0. The van der Waals surface area contributed by atoms with Gasteiger partial charge in [0.25, 0.3) is 0 Å². The summed E-state index contributed by atoms with van der Waals surface area (Å²) in [6.45, 7) is 6.78. The third-order valence-electron chi connectivity index (χ3n) is 2.13. The molecule has 90 valence electrons. The molecule has 15 heavy (non-hydrogen) atoms. The Labute approximate surface area is 92.3 Å². The van der Waals surface area contributed by atoms with Gasteiger partial charge in [-0.1, -0.05) is 13.3 Å². The van der Waals surface area contributed by atoms with Crippen LogP contribution in [0.15, 0.2) is 0 Å². The van der Waals surface area contributed by atoms with Crippen molar-refractivity contribution >= 4 is 5.97 Å². The Hall–Kier alpha value is -0.610. The number of esters is 1. The molecular weight excluding hydrogens is 194 g/mol. The van der Waals surface area contributed by atoms with Crippen molar-refractivity contribution < 1.29 is 14.3 Å². The average molecular weight is 217 g/mol. The Morgan fingerprint density at radius 3 is 2.53 bits per heavy atom. The fourth-order valence-electron chi connectivity index (χ4n) is 1.45. The van der Waals surface area contributed by atoms with Crippen molar-refractivity contribution in [3.8, 4) is 0 Å². The van der Waals surface area contributed by atoms with Gasteiger partial charge in [0, 0.05) is 13.2 Å². The van der Waals surface area contributed by atoms with E-state index in [1.807, 2.05) is 13.8 Å². The highest BCUT2D eigenvalue weighted by atomic mass is 16.5. The summed E-state index contributed by atoms with van der Waals surface area (Å²) in [6.07, 6.45) is 2.06. The maximum absolute atomic E-state index is 11.4. The van der Waals surface area contributed by atoms with E-state index in [2.05, 4.69) is 12.2 Å². The summed E-state index contributed by atoms with van der Waals surface area (Å²) in [4.78, 5) is 11.4. The van der Waals surface area contributed by atoms with Crippen LogP contribution in [0.2, 0.25) is 0 Å². The van der Waals surface area contributed by atoms with Gasteiger partial charge in [0.15, 0.2) is 0 Å². The van der Waals surface area contributed by atoms with Crippen molar-refractivity contribution in [3.63, 3.8) is 0 Å². The van der Waals surface area contributed by atoms with E-state index in [4.69, 9.17) is 9.47 Å². The van der Waals surface area contributed by atoms with E-state index >= 15 is 0 Å². The minimum absolute atomic E-state index is 0.199. The summed E-state index contributed by atoms with van der Waals surface area (Å²) >= 11 is 0. The van der Waals surface area contributed by atoms with Gasteiger partial charge in [0.1, 0.15) is 6.04 Å². The third-order valence-corrected chi connectivity index (χ3v) is 2.13. The summed E-state index contributed by atoms with van der Waals surface area (Å²) in [6, 6.07) is -0.0453. The van der Waals surface area contributed by atoms with Gasteiger partial charge >= 0.3 is 5.97 Å². The largest absolute Gasteiger partial charge is 0.465 e. The lowest BCUT2D eigenvalue weighted by Crippen LogP contribution is -2.44. The zero-order valence-corrected chi connectivity index (χ0v) is 10.2. The smallest absolute Gasteiger partial charge is 0.322 e. The number of ether oxygens (including phenoxy) is 2. The van der Waals surface area contributed by atoms with Gasteiger partial charge < -0.3 is 9.47 Å². The molecule has 0 amide bonds. The van der Waals surface area contributed by atoms with Crippen molar-refractivity contribution in [2.24, 2.45) is 0 Å². The van der Waals surface area contributed by atoms with Crippen LogP contribution < -0.4 is 5.32 Å². The highest BCUT2D eigenvalue weighted by Gasteiger charge is 2.17. The minimum Gasteiger partial charge on any atom is -0.465 e. The molecule has 4 nitrogen and oxygen atoms in total. The number of rotatable bonds is 8. The molecule has 0 aromatic heterocycles. The van der Waals surface area contributed by atoms with Crippen LogP contribution >= 0.6 is 0 Å². The molecule has 0 saturated carbocycles. The van der Waals surface area contributed by atoms with E-state index in [1.165, 1.54) is 0 Å². The van der Waals surface area contributed by atoms with E-state index in [0.29, 0.717) is 13.2 Å². The normalized spacial score (nSPS) is 14.7. The van der Waals surface area contributed by atoms with E-state index in [1.54, 1.807) is 7.11 Å². The van der Waals surface area contributed by atoms with Crippen molar-refractivity contribution in [2.45, 2.75) is 45.7 Å². The van der Waals surface area contributed by atoms with Gasteiger partial charge in [0.2, 0.25) is 0 Å². The van der Waals surface area contributed by atoms with E-state index in [-0.39, 0.29) is 18.1 Å². The minimum atomic E-state index is -0.267. The van der Waals surface area contributed by atoms with E-state index < -0.39 is 0 Å².